The number of halogens is 1. The number of aromatic nitrogens is 1. The standard InChI is InChI=1S/C10H12BrN3O/c1-7(2)14-6-8(11)5-9(14)10(15)13-4-3-12/h5-7H,4H2,1-2H3,(H,13,15). The number of hydrogen-bond acceptors (Lipinski definition) is 2. The highest BCUT2D eigenvalue weighted by Crippen LogP contribution is 2.19. The van der Waals surface area contributed by atoms with E-state index in [1.165, 1.54) is 0 Å². The summed E-state index contributed by atoms with van der Waals surface area (Å²) in [4.78, 5) is 11.6. The van der Waals surface area contributed by atoms with Gasteiger partial charge in [-0.2, -0.15) is 5.26 Å². The highest BCUT2D eigenvalue weighted by Gasteiger charge is 2.13. The quantitative estimate of drug-likeness (QED) is 0.855. The molecule has 0 saturated carbocycles. The maximum absolute atomic E-state index is 11.6. The van der Waals surface area contributed by atoms with Crippen molar-refractivity contribution in [2.45, 2.75) is 19.9 Å². The van der Waals surface area contributed by atoms with Crippen LogP contribution < -0.4 is 5.32 Å². The summed E-state index contributed by atoms with van der Waals surface area (Å²) in [5.41, 5.74) is 0.562. The molecule has 1 aromatic rings. The van der Waals surface area contributed by atoms with E-state index in [4.69, 9.17) is 5.26 Å². The normalized spacial score (nSPS) is 10.1. The molecule has 1 rings (SSSR count). The zero-order valence-corrected chi connectivity index (χ0v) is 10.2. The monoisotopic (exact) mass is 269 g/mol. The number of nitrogens with one attached hydrogen (secondary N) is 1. The first-order chi connectivity index (χ1) is 7.06. The second-order valence-electron chi connectivity index (χ2n) is 3.39. The van der Waals surface area contributed by atoms with Crippen LogP contribution in [0.4, 0.5) is 0 Å². The second kappa shape index (κ2) is 4.99. The van der Waals surface area contributed by atoms with Crippen molar-refractivity contribution in [1.29, 1.82) is 5.26 Å². The summed E-state index contributed by atoms with van der Waals surface area (Å²) >= 11 is 3.32. The van der Waals surface area contributed by atoms with Gasteiger partial charge in [0.1, 0.15) is 12.2 Å². The van der Waals surface area contributed by atoms with Crippen LogP contribution in [-0.4, -0.2) is 17.0 Å². The summed E-state index contributed by atoms with van der Waals surface area (Å²) in [6.45, 7) is 4.01. The van der Waals surface area contributed by atoms with Gasteiger partial charge in [0, 0.05) is 16.7 Å². The van der Waals surface area contributed by atoms with E-state index in [1.54, 1.807) is 6.07 Å². The lowest BCUT2D eigenvalue weighted by molar-refractivity contribution is 0.0948. The van der Waals surface area contributed by atoms with E-state index in [9.17, 15) is 4.79 Å². The maximum Gasteiger partial charge on any atom is 0.268 e. The number of nitriles is 1. The van der Waals surface area contributed by atoms with Gasteiger partial charge in [0.05, 0.1) is 6.07 Å². The Bertz CT molecular complexity index is 403. The molecule has 0 spiro atoms. The average molecular weight is 270 g/mol. The first-order valence-corrected chi connectivity index (χ1v) is 5.38. The first kappa shape index (κ1) is 11.8. The number of nitrogens with zero attached hydrogens (tertiary/aromatic N) is 2. The lowest BCUT2D eigenvalue weighted by atomic mass is 10.3. The van der Waals surface area contributed by atoms with Gasteiger partial charge >= 0.3 is 0 Å². The summed E-state index contributed by atoms with van der Waals surface area (Å²) in [5, 5.41) is 10.9. The van der Waals surface area contributed by atoms with Crippen LogP contribution in [0.1, 0.15) is 30.4 Å². The molecule has 0 radical (unpaired) electrons. The van der Waals surface area contributed by atoms with Crippen LogP contribution in [0.3, 0.4) is 0 Å². The first-order valence-electron chi connectivity index (χ1n) is 4.58. The van der Waals surface area contributed by atoms with Gasteiger partial charge < -0.3 is 9.88 Å². The lowest BCUT2D eigenvalue weighted by Crippen LogP contribution is -2.26. The molecule has 0 saturated heterocycles. The smallest absolute Gasteiger partial charge is 0.268 e. The van der Waals surface area contributed by atoms with Crippen LogP contribution in [-0.2, 0) is 0 Å². The van der Waals surface area contributed by atoms with Gasteiger partial charge in [0.2, 0.25) is 0 Å². The zero-order chi connectivity index (χ0) is 11.4. The molecule has 1 aromatic heterocycles. The molecule has 1 amide bonds. The number of hydrogen-bond donors (Lipinski definition) is 1. The fraction of sp³-hybridized carbons (Fsp3) is 0.400. The topological polar surface area (TPSA) is 57.8 Å². The Kier molecular flexibility index (Phi) is 3.92. The molecular weight excluding hydrogens is 258 g/mol. The van der Waals surface area contributed by atoms with E-state index in [-0.39, 0.29) is 18.5 Å². The van der Waals surface area contributed by atoms with Crippen LogP contribution in [0.25, 0.3) is 0 Å². The molecule has 0 aliphatic rings. The predicted molar refractivity (Wildman–Crippen MR) is 60.5 cm³/mol. The van der Waals surface area contributed by atoms with Crippen molar-refractivity contribution in [1.82, 2.24) is 9.88 Å². The Balaban J connectivity index is 2.93. The van der Waals surface area contributed by atoms with Crippen molar-refractivity contribution in [2.24, 2.45) is 0 Å². The van der Waals surface area contributed by atoms with E-state index in [0.717, 1.165) is 4.47 Å². The number of carbonyl (C=O) groups excluding carboxylic acids is 1. The number of rotatable bonds is 3. The molecule has 15 heavy (non-hydrogen) atoms. The Morgan fingerprint density at radius 2 is 2.40 bits per heavy atom. The SMILES string of the molecule is CC(C)n1cc(Br)cc1C(=O)NCC#N. The van der Waals surface area contributed by atoms with Crippen LogP contribution in [0.2, 0.25) is 0 Å². The fourth-order valence-corrected chi connectivity index (χ4v) is 1.70. The Labute approximate surface area is 97.0 Å². The van der Waals surface area contributed by atoms with Crippen LogP contribution >= 0.6 is 15.9 Å². The summed E-state index contributed by atoms with van der Waals surface area (Å²) in [7, 11) is 0. The van der Waals surface area contributed by atoms with Gasteiger partial charge in [-0.25, -0.2) is 0 Å². The summed E-state index contributed by atoms with van der Waals surface area (Å²) < 4.78 is 2.72. The van der Waals surface area contributed by atoms with Crippen molar-refractivity contribution in [3.63, 3.8) is 0 Å². The molecule has 0 atom stereocenters. The minimum Gasteiger partial charge on any atom is -0.340 e. The maximum atomic E-state index is 11.6. The highest BCUT2D eigenvalue weighted by atomic mass is 79.9. The van der Waals surface area contributed by atoms with Gasteiger partial charge in [-0.3, -0.25) is 4.79 Å². The molecule has 4 nitrogen and oxygen atoms in total. The zero-order valence-electron chi connectivity index (χ0n) is 8.62. The van der Waals surface area contributed by atoms with Crippen molar-refractivity contribution >= 4 is 21.8 Å². The Morgan fingerprint density at radius 1 is 1.73 bits per heavy atom. The summed E-state index contributed by atoms with van der Waals surface area (Å²) in [5.74, 6) is -0.226. The van der Waals surface area contributed by atoms with Crippen molar-refractivity contribution in [3.8, 4) is 6.07 Å². The molecule has 80 valence electrons. The van der Waals surface area contributed by atoms with Gasteiger partial charge in [-0.05, 0) is 35.8 Å². The molecule has 0 aliphatic heterocycles. The van der Waals surface area contributed by atoms with Crippen LogP contribution in [0.5, 0.6) is 0 Å². The third kappa shape index (κ3) is 2.83. The fourth-order valence-electron chi connectivity index (χ4n) is 1.27. The molecule has 0 aliphatic carbocycles. The minimum atomic E-state index is -0.226. The van der Waals surface area contributed by atoms with Crippen molar-refractivity contribution in [3.05, 3.63) is 22.4 Å². The van der Waals surface area contributed by atoms with E-state index < -0.39 is 0 Å². The van der Waals surface area contributed by atoms with Gasteiger partial charge in [0.15, 0.2) is 0 Å². The van der Waals surface area contributed by atoms with E-state index >= 15 is 0 Å². The van der Waals surface area contributed by atoms with Gasteiger partial charge in [-0.1, -0.05) is 0 Å². The number of amides is 1. The summed E-state index contributed by atoms with van der Waals surface area (Å²) in [6.07, 6.45) is 1.85. The number of carbonyl (C=O) groups is 1. The van der Waals surface area contributed by atoms with E-state index in [0.29, 0.717) is 5.69 Å². The summed E-state index contributed by atoms with van der Waals surface area (Å²) in [6, 6.07) is 3.82. The molecule has 0 aromatic carbocycles. The van der Waals surface area contributed by atoms with E-state index in [2.05, 4.69) is 21.2 Å². The molecule has 1 N–H and O–H groups in total. The third-order valence-electron chi connectivity index (χ3n) is 1.93. The predicted octanol–water partition coefficient (Wildman–Crippen LogP) is 2.08. The van der Waals surface area contributed by atoms with Gasteiger partial charge in [-0.15, -0.1) is 0 Å². The Morgan fingerprint density at radius 3 is 2.93 bits per heavy atom. The molecule has 0 unspecified atom stereocenters. The molecule has 5 heteroatoms. The van der Waals surface area contributed by atoms with Crippen LogP contribution in [0.15, 0.2) is 16.7 Å². The second-order valence-corrected chi connectivity index (χ2v) is 4.30. The molecule has 0 bridgehead atoms. The lowest BCUT2D eigenvalue weighted by Gasteiger charge is -2.11. The highest BCUT2D eigenvalue weighted by molar-refractivity contribution is 9.10. The third-order valence-corrected chi connectivity index (χ3v) is 2.37. The van der Waals surface area contributed by atoms with Crippen LogP contribution in [0, 0.1) is 11.3 Å². The minimum absolute atomic E-state index is 0.0275. The van der Waals surface area contributed by atoms with Crippen molar-refractivity contribution in [2.75, 3.05) is 6.54 Å². The molecule has 1 heterocycles. The van der Waals surface area contributed by atoms with Gasteiger partial charge in [0.25, 0.3) is 5.91 Å². The largest absolute Gasteiger partial charge is 0.340 e. The van der Waals surface area contributed by atoms with E-state index in [1.807, 2.05) is 30.7 Å². The molecular formula is C10H12BrN3O. The Hall–Kier alpha value is -1.28. The van der Waals surface area contributed by atoms with Crippen molar-refractivity contribution < 1.29 is 4.79 Å². The average Bonchev–Trinajstić information content (AvgIpc) is 2.57. The molecule has 0 fully saturated rings.